The van der Waals surface area contributed by atoms with Gasteiger partial charge in [-0.2, -0.15) is 5.26 Å². The van der Waals surface area contributed by atoms with Gasteiger partial charge in [0.1, 0.15) is 18.5 Å². The van der Waals surface area contributed by atoms with Gasteiger partial charge in [0.05, 0.1) is 6.07 Å². The van der Waals surface area contributed by atoms with Gasteiger partial charge < -0.3 is 9.59 Å². The lowest BCUT2D eigenvalue weighted by Gasteiger charge is -2.16. The Labute approximate surface area is 59.6 Å². The molecule has 0 aromatic rings. The summed E-state index contributed by atoms with van der Waals surface area (Å²) < 4.78 is 0. The van der Waals surface area contributed by atoms with Gasteiger partial charge in [-0.3, -0.25) is 0 Å². The molecule has 0 aromatic carbocycles. The second-order valence-electron chi connectivity index (χ2n) is 2.68. The molecule has 3 heteroatoms. The topological polar surface area (TPSA) is 57.9 Å². The van der Waals surface area contributed by atoms with Crippen LogP contribution in [0.5, 0.6) is 0 Å². The van der Waals surface area contributed by atoms with Crippen LogP contribution in [0.15, 0.2) is 0 Å². The number of carbonyl (C=O) groups is 2. The van der Waals surface area contributed by atoms with Gasteiger partial charge in [-0.05, 0) is 0 Å². The van der Waals surface area contributed by atoms with E-state index >= 15 is 0 Å². The number of nitriles is 1. The molecule has 0 saturated heterocycles. The van der Waals surface area contributed by atoms with E-state index in [2.05, 4.69) is 0 Å². The van der Waals surface area contributed by atoms with Gasteiger partial charge in [-0.15, -0.1) is 0 Å². The third-order valence-corrected chi connectivity index (χ3v) is 1.38. The molecule has 0 amide bonds. The maximum Gasteiger partial charge on any atom is 0.138 e. The van der Waals surface area contributed by atoms with Crippen molar-refractivity contribution in [3.8, 4) is 6.07 Å². The number of carbonyl (C=O) groups excluding carboxylic acids is 2. The highest BCUT2D eigenvalue weighted by molar-refractivity contribution is 5.70. The Balaban J connectivity index is 4.44. The summed E-state index contributed by atoms with van der Waals surface area (Å²) in [4.78, 5) is 20.4. The largest absolute Gasteiger partial charge is 0.303 e. The van der Waals surface area contributed by atoms with Crippen molar-refractivity contribution in [2.45, 2.75) is 13.8 Å². The molecule has 0 aliphatic heterocycles. The highest BCUT2D eigenvalue weighted by Gasteiger charge is 2.28. The van der Waals surface area contributed by atoms with Crippen molar-refractivity contribution in [1.82, 2.24) is 0 Å². The van der Waals surface area contributed by atoms with Crippen LogP contribution >= 0.6 is 0 Å². The van der Waals surface area contributed by atoms with Gasteiger partial charge in [0.15, 0.2) is 0 Å². The number of rotatable bonds is 3. The van der Waals surface area contributed by atoms with Gasteiger partial charge in [0.25, 0.3) is 0 Å². The van der Waals surface area contributed by atoms with E-state index in [1.807, 2.05) is 0 Å². The predicted octanol–water partition coefficient (Wildman–Crippen LogP) is 0.550. The Kier molecular flexibility index (Phi) is 2.75. The van der Waals surface area contributed by atoms with Gasteiger partial charge in [0, 0.05) is 5.41 Å². The predicted molar refractivity (Wildman–Crippen MR) is 35.0 cm³/mol. The summed E-state index contributed by atoms with van der Waals surface area (Å²) in [5.41, 5.74) is -0.851. The minimum Gasteiger partial charge on any atom is -0.303 e. The molecular formula is C7H9NO2. The molecular weight excluding hydrogens is 130 g/mol. The molecule has 54 valence electrons. The molecule has 0 spiro atoms. The van der Waals surface area contributed by atoms with E-state index in [4.69, 9.17) is 5.26 Å². The Hall–Kier alpha value is -1.17. The average molecular weight is 139 g/mol. The summed E-state index contributed by atoms with van der Waals surface area (Å²) in [6.45, 7) is 3.12. The summed E-state index contributed by atoms with van der Waals surface area (Å²) in [5.74, 6) is -0.829. The highest BCUT2D eigenvalue weighted by atomic mass is 16.1. The molecule has 0 N–H and O–H groups in total. The van der Waals surface area contributed by atoms with Crippen molar-refractivity contribution < 1.29 is 9.59 Å². The van der Waals surface area contributed by atoms with Crippen LogP contribution in [-0.2, 0) is 9.59 Å². The van der Waals surface area contributed by atoms with E-state index in [1.54, 1.807) is 19.9 Å². The maximum atomic E-state index is 10.3. The van der Waals surface area contributed by atoms with Crippen LogP contribution in [-0.4, -0.2) is 12.6 Å². The molecule has 0 bridgehead atoms. The van der Waals surface area contributed by atoms with E-state index in [0.29, 0.717) is 12.6 Å². The van der Waals surface area contributed by atoms with Crippen LogP contribution in [0.1, 0.15) is 13.8 Å². The second kappa shape index (κ2) is 3.11. The molecule has 0 fully saturated rings. The molecule has 0 heterocycles. The summed E-state index contributed by atoms with van der Waals surface area (Å²) >= 11 is 0. The summed E-state index contributed by atoms with van der Waals surface area (Å²) in [6, 6.07) is 1.74. The Bertz CT molecular complexity index is 179. The number of aldehydes is 2. The van der Waals surface area contributed by atoms with Crippen LogP contribution in [0.4, 0.5) is 0 Å². The standard InChI is InChI=1S/C7H9NO2/c1-7(2,5-10)6(3-8)4-9/h4-6H,1-2H3. The zero-order valence-electron chi connectivity index (χ0n) is 6.00. The fourth-order valence-corrected chi connectivity index (χ4v) is 0.445. The van der Waals surface area contributed by atoms with Crippen LogP contribution < -0.4 is 0 Å². The molecule has 1 atom stereocenters. The lowest BCUT2D eigenvalue weighted by Crippen LogP contribution is -2.25. The molecule has 0 rings (SSSR count). The minimum atomic E-state index is -0.851. The smallest absolute Gasteiger partial charge is 0.138 e. The first-order valence-corrected chi connectivity index (χ1v) is 2.89. The van der Waals surface area contributed by atoms with Crippen LogP contribution in [0.3, 0.4) is 0 Å². The molecule has 0 aliphatic carbocycles. The molecule has 0 saturated carbocycles. The second-order valence-corrected chi connectivity index (χ2v) is 2.68. The zero-order chi connectivity index (χ0) is 8.20. The molecule has 0 aliphatic rings. The van der Waals surface area contributed by atoms with Crippen molar-refractivity contribution in [1.29, 1.82) is 5.26 Å². The average Bonchev–Trinajstić information content (AvgIpc) is 1.90. The van der Waals surface area contributed by atoms with Gasteiger partial charge in [-0.1, -0.05) is 13.8 Å². The summed E-state index contributed by atoms with van der Waals surface area (Å²) in [6.07, 6.45) is 1.11. The fourth-order valence-electron chi connectivity index (χ4n) is 0.445. The third kappa shape index (κ3) is 1.66. The highest BCUT2D eigenvalue weighted by Crippen LogP contribution is 2.20. The number of hydrogen-bond donors (Lipinski definition) is 0. The third-order valence-electron chi connectivity index (χ3n) is 1.38. The van der Waals surface area contributed by atoms with Crippen molar-refractivity contribution in [3.63, 3.8) is 0 Å². The molecule has 1 unspecified atom stereocenters. The van der Waals surface area contributed by atoms with E-state index < -0.39 is 11.3 Å². The lowest BCUT2D eigenvalue weighted by molar-refractivity contribution is -0.121. The maximum absolute atomic E-state index is 10.3. The van der Waals surface area contributed by atoms with E-state index in [9.17, 15) is 9.59 Å². The van der Waals surface area contributed by atoms with Gasteiger partial charge >= 0.3 is 0 Å². The van der Waals surface area contributed by atoms with E-state index in [1.165, 1.54) is 0 Å². The van der Waals surface area contributed by atoms with Crippen LogP contribution in [0.2, 0.25) is 0 Å². The zero-order valence-corrected chi connectivity index (χ0v) is 6.00. The van der Waals surface area contributed by atoms with Crippen LogP contribution in [0, 0.1) is 22.7 Å². The first-order chi connectivity index (χ1) is 4.58. The van der Waals surface area contributed by atoms with Crippen molar-refractivity contribution in [2.24, 2.45) is 11.3 Å². The van der Waals surface area contributed by atoms with Crippen molar-refractivity contribution in [3.05, 3.63) is 0 Å². The Morgan fingerprint density at radius 1 is 1.50 bits per heavy atom. The molecule has 0 radical (unpaired) electrons. The fraction of sp³-hybridized carbons (Fsp3) is 0.571. The van der Waals surface area contributed by atoms with Crippen LogP contribution in [0.25, 0.3) is 0 Å². The van der Waals surface area contributed by atoms with Gasteiger partial charge in [-0.25, -0.2) is 0 Å². The lowest BCUT2D eigenvalue weighted by atomic mass is 9.82. The summed E-state index contributed by atoms with van der Waals surface area (Å²) in [7, 11) is 0. The number of nitrogens with zero attached hydrogens (tertiary/aromatic N) is 1. The van der Waals surface area contributed by atoms with E-state index in [0.717, 1.165) is 0 Å². The molecule has 0 aromatic heterocycles. The normalized spacial score (nSPS) is 13.3. The van der Waals surface area contributed by atoms with Gasteiger partial charge in [0.2, 0.25) is 0 Å². The first-order valence-electron chi connectivity index (χ1n) is 2.89. The number of hydrogen-bond acceptors (Lipinski definition) is 3. The molecule has 10 heavy (non-hydrogen) atoms. The first kappa shape index (κ1) is 8.83. The SMILES string of the molecule is CC(C)(C=O)C(C#N)C=O. The Morgan fingerprint density at radius 2 is 2.00 bits per heavy atom. The monoisotopic (exact) mass is 139 g/mol. The van der Waals surface area contributed by atoms with E-state index in [-0.39, 0.29) is 0 Å². The Morgan fingerprint density at radius 3 is 2.10 bits per heavy atom. The molecule has 3 nitrogen and oxygen atoms in total. The van der Waals surface area contributed by atoms with Crippen molar-refractivity contribution in [2.75, 3.05) is 0 Å². The quantitative estimate of drug-likeness (QED) is 0.536. The van der Waals surface area contributed by atoms with Crippen molar-refractivity contribution >= 4 is 12.6 Å². The summed E-state index contributed by atoms with van der Waals surface area (Å²) in [5, 5.41) is 8.35. The minimum absolute atomic E-state index is 0.494.